The number of ether oxygens (including phenoxy) is 1. The lowest BCUT2D eigenvalue weighted by Gasteiger charge is -2.34. The first-order chi connectivity index (χ1) is 15.6. The molecule has 0 spiro atoms. The van der Waals surface area contributed by atoms with Crippen LogP contribution in [0.15, 0.2) is 30.5 Å². The summed E-state index contributed by atoms with van der Waals surface area (Å²) in [6.45, 7) is 4.99. The first-order valence-electron chi connectivity index (χ1n) is 11.6. The van der Waals surface area contributed by atoms with Gasteiger partial charge in [-0.1, -0.05) is 6.07 Å². The maximum Gasteiger partial charge on any atom is 0.253 e. The Bertz CT molecular complexity index is 1000. The van der Waals surface area contributed by atoms with E-state index in [0.29, 0.717) is 70.4 Å². The molecule has 170 valence electrons. The highest BCUT2D eigenvalue weighted by atomic mass is 16.5. The lowest BCUT2D eigenvalue weighted by atomic mass is 9.95. The summed E-state index contributed by atoms with van der Waals surface area (Å²) in [4.78, 5) is 47.0. The number of piperidine rings is 1. The number of nitrogens with zero attached hydrogens (tertiary/aromatic N) is 3. The van der Waals surface area contributed by atoms with Crippen LogP contribution in [0.3, 0.4) is 0 Å². The van der Waals surface area contributed by atoms with Crippen LogP contribution in [-0.4, -0.2) is 89.9 Å². The van der Waals surface area contributed by atoms with Gasteiger partial charge in [-0.15, -0.1) is 0 Å². The van der Waals surface area contributed by atoms with Crippen molar-refractivity contribution in [3.63, 3.8) is 0 Å². The minimum Gasteiger partial charge on any atom is -0.378 e. The summed E-state index contributed by atoms with van der Waals surface area (Å²) >= 11 is 0. The summed E-state index contributed by atoms with van der Waals surface area (Å²) in [7, 11) is 0. The number of nitrogens with one attached hydrogen (secondary N) is 1. The molecule has 0 aliphatic carbocycles. The molecule has 3 saturated heterocycles. The molecule has 1 N–H and O–H groups in total. The molecule has 3 amide bonds. The fourth-order valence-electron chi connectivity index (χ4n) is 5.15. The number of morpholine rings is 1. The van der Waals surface area contributed by atoms with Crippen LogP contribution in [0.5, 0.6) is 0 Å². The van der Waals surface area contributed by atoms with Crippen molar-refractivity contribution in [2.45, 2.75) is 19.3 Å². The van der Waals surface area contributed by atoms with Crippen LogP contribution < -0.4 is 0 Å². The van der Waals surface area contributed by atoms with Crippen LogP contribution in [0.25, 0.3) is 10.9 Å². The van der Waals surface area contributed by atoms with E-state index in [4.69, 9.17) is 4.74 Å². The molecule has 0 radical (unpaired) electrons. The molecule has 2 aromatic rings. The number of amides is 3. The van der Waals surface area contributed by atoms with E-state index in [-0.39, 0.29) is 23.6 Å². The van der Waals surface area contributed by atoms with Crippen molar-refractivity contribution >= 4 is 28.6 Å². The van der Waals surface area contributed by atoms with Crippen LogP contribution in [0.1, 0.15) is 29.6 Å². The molecule has 0 bridgehead atoms. The van der Waals surface area contributed by atoms with E-state index < -0.39 is 0 Å². The van der Waals surface area contributed by atoms with Gasteiger partial charge in [-0.25, -0.2) is 0 Å². The van der Waals surface area contributed by atoms with Crippen molar-refractivity contribution in [3.05, 3.63) is 36.0 Å². The topological polar surface area (TPSA) is 85.9 Å². The molecule has 1 atom stereocenters. The molecular weight excluding hydrogens is 408 g/mol. The predicted molar refractivity (Wildman–Crippen MR) is 119 cm³/mol. The number of carbonyl (C=O) groups excluding carboxylic acids is 3. The van der Waals surface area contributed by atoms with Gasteiger partial charge < -0.3 is 24.4 Å². The summed E-state index contributed by atoms with van der Waals surface area (Å²) in [6.07, 6.45) is 3.95. The number of H-pyrrole nitrogens is 1. The van der Waals surface area contributed by atoms with E-state index >= 15 is 0 Å². The van der Waals surface area contributed by atoms with E-state index in [1.54, 1.807) is 0 Å². The number of aromatic amines is 1. The molecule has 0 saturated carbocycles. The van der Waals surface area contributed by atoms with Crippen LogP contribution in [0.2, 0.25) is 0 Å². The summed E-state index contributed by atoms with van der Waals surface area (Å²) in [5.74, 6) is 0.364. The Morgan fingerprint density at radius 2 is 1.81 bits per heavy atom. The number of aromatic nitrogens is 1. The molecule has 8 heteroatoms. The monoisotopic (exact) mass is 438 g/mol. The zero-order valence-electron chi connectivity index (χ0n) is 18.3. The van der Waals surface area contributed by atoms with Gasteiger partial charge in [-0.05, 0) is 42.3 Å². The van der Waals surface area contributed by atoms with E-state index in [1.807, 2.05) is 45.2 Å². The number of hydrogen-bond donors (Lipinski definition) is 1. The zero-order chi connectivity index (χ0) is 22.1. The van der Waals surface area contributed by atoms with E-state index in [2.05, 4.69) is 4.98 Å². The van der Waals surface area contributed by atoms with Crippen molar-refractivity contribution in [2.24, 2.45) is 11.8 Å². The molecule has 4 heterocycles. The number of likely N-dealkylation sites (tertiary alicyclic amines) is 2. The maximum absolute atomic E-state index is 12.9. The van der Waals surface area contributed by atoms with Gasteiger partial charge in [0.25, 0.3) is 5.91 Å². The Kier molecular flexibility index (Phi) is 5.87. The second-order valence-corrected chi connectivity index (χ2v) is 9.15. The van der Waals surface area contributed by atoms with Crippen LogP contribution in [-0.2, 0) is 14.3 Å². The molecule has 3 aliphatic heterocycles. The van der Waals surface area contributed by atoms with Crippen molar-refractivity contribution in [2.75, 3.05) is 52.5 Å². The third kappa shape index (κ3) is 4.24. The number of rotatable bonds is 4. The lowest BCUT2D eigenvalue weighted by Crippen LogP contribution is -2.44. The summed E-state index contributed by atoms with van der Waals surface area (Å²) in [6, 6.07) is 7.77. The standard InChI is InChI=1S/C24H30N4O4/c29-22-14-20(24(31)27-9-11-32-12-10-27)16-28(22)15-17-4-7-26(8-5-17)23(30)19-2-1-18-3-6-25-21(18)13-19/h1-3,6,13,17,20,25H,4-5,7-12,14-16H2. The van der Waals surface area contributed by atoms with Gasteiger partial charge in [-0.3, -0.25) is 14.4 Å². The minimum atomic E-state index is -0.231. The lowest BCUT2D eigenvalue weighted by molar-refractivity contribution is -0.139. The van der Waals surface area contributed by atoms with Crippen molar-refractivity contribution < 1.29 is 19.1 Å². The molecule has 32 heavy (non-hydrogen) atoms. The molecule has 5 rings (SSSR count). The quantitative estimate of drug-likeness (QED) is 0.788. The third-order valence-corrected chi connectivity index (χ3v) is 7.07. The number of fused-ring (bicyclic) bond motifs is 1. The fourth-order valence-corrected chi connectivity index (χ4v) is 5.15. The van der Waals surface area contributed by atoms with E-state index in [9.17, 15) is 14.4 Å². The summed E-state index contributed by atoms with van der Waals surface area (Å²) < 4.78 is 5.32. The summed E-state index contributed by atoms with van der Waals surface area (Å²) in [5, 5.41) is 1.10. The smallest absolute Gasteiger partial charge is 0.253 e. The SMILES string of the molecule is O=C1CC(C(=O)N2CCOCC2)CN1CC1CCN(C(=O)c2ccc3cc[nH]c3c2)CC1. The fraction of sp³-hybridized carbons (Fsp3) is 0.542. The van der Waals surface area contributed by atoms with Gasteiger partial charge in [0.1, 0.15) is 0 Å². The Morgan fingerprint density at radius 1 is 1.03 bits per heavy atom. The highest BCUT2D eigenvalue weighted by Gasteiger charge is 2.38. The average molecular weight is 439 g/mol. The van der Waals surface area contributed by atoms with E-state index in [1.165, 1.54) is 0 Å². The predicted octanol–water partition coefficient (Wildman–Crippen LogP) is 1.73. The zero-order valence-corrected chi connectivity index (χ0v) is 18.3. The van der Waals surface area contributed by atoms with Gasteiger partial charge in [0.05, 0.1) is 19.1 Å². The van der Waals surface area contributed by atoms with Gasteiger partial charge in [0, 0.05) is 63.0 Å². The molecule has 1 aromatic heterocycles. The molecule has 1 aromatic carbocycles. The Hall–Kier alpha value is -2.87. The average Bonchev–Trinajstić information content (AvgIpc) is 3.45. The van der Waals surface area contributed by atoms with Gasteiger partial charge in [0.2, 0.25) is 11.8 Å². The minimum absolute atomic E-state index is 0.0633. The first-order valence-corrected chi connectivity index (χ1v) is 11.6. The largest absolute Gasteiger partial charge is 0.378 e. The van der Waals surface area contributed by atoms with E-state index in [0.717, 1.165) is 23.7 Å². The van der Waals surface area contributed by atoms with Crippen LogP contribution in [0.4, 0.5) is 0 Å². The molecule has 1 unspecified atom stereocenters. The first kappa shape index (κ1) is 21.0. The molecular formula is C24H30N4O4. The maximum atomic E-state index is 12.9. The Balaban J connectivity index is 1.12. The van der Waals surface area contributed by atoms with Crippen molar-refractivity contribution in [3.8, 4) is 0 Å². The Morgan fingerprint density at radius 3 is 2.59 bits per heavy atom. The highest BCUT2D eigenvalue weighted by molar-refractivity contribution is 5.98. The molecule has 3 aliphatic rings. The third-order valence-electron chi connectivity index (χ3n) is 7.07. The summed E-state index contributed by atoms with van der Waals surface area (Å²) in [5.41, 5.74) is 1.68. The van der Waals surface area contributed by atoms with Crippen molar-refractivity contribution in [1.29, 1.82) is 0 Å². The van der Waals surface area contributed by atoms with Crippen LogP contribution >= 0.6 is 0 Å². The van der Waals surface area contributed by atoms with Gasteiger partial charge in [0.15, 0.2) is 0 Å². The number of carbonyl (C=O) groups is 3. The second-order valence-electron chi connectivity index (χ2n) is 9.15. The van der Waals surface area contributed by atoms with Gasteiger partial charge >= 0.3 is 0 Å². The molecule has 8 nitrogen and oxygen atoms in total. The van der Waals surface area contributed by atoms with Gasteiger partial charge in [-0.2, -0.15) is 0 Å². The second kappa shape index (κ2) is 8.94. The normalized spacial score (nSPS) is 22.7. The number of benzene rings is 1. The number of hydrogen-bond acceptors (Lipinski definition) is 4. The van der Waals surface area contributed by atoms with Crippen LogP contribution in [0, 0.1) is 11.8 Å². The highest BCUT2D eigenvalue weighted by Crippen LogP contribution is 2.26. The van der Waals surface area contributed by atoms with Crippen molar-refractivity contribution in [1.82, 2.24) is 19.7 Å². The molecule has 3 fully saturated rings. The Labute approximate surface area is 187 Å².